The van der Waals surface area contributed by atoms with Gasteiger partial charge < -0.3 is 55.0 Å². The Bertz CT molecular complexity index is 274. The summed E-state index contributed by atoms with van der Waals surface area (Å²) >= 11 is 0. The zero-order valence-electron chi connectivity index (χ0n) is 10.9. The van der Waals surface area contributed by atoms with E-state index in [1.165, 1.54) is 0 Å². The maximum atomic E-state index is 10.0. The maximum Gasteiger partial charge on any atom is 1.00 e. The largest absolute Gasteiger partial charge is 1.00 e. The minimum Gasteiger partial charge on any atom is -0.790 e. The Morgan fingerprint density at radius 1 is 1.05 bits per heavy atom. The first kappa shape index (κ1) is 34.2. The molecule has 0 aliphatic heterocycles. The molecule has 0 radical (unpaired) electrons. The van der Waals surface area contributed by atoms with Crippen molar-refractivity contribution in [2.24, 2.45) is 0 Å². The van der Waals surface area contributed by atoms with Crippen molar-refractivity contribution < 1.29 is 158 Å². The Balaban J connectivity index is -0.000000187. The summed E-state index contributed by atoms with van der Waals surface area (Å²) in [7, 11) is -5.30. The fraction of sp³-hybridized carbons (Fsp3) is 0.833. The second-order valence-corrected chi connectivity index (χ2v) is 4.07. The zero-order valence-corrected chi connectivity index (χ0v) is 18.0. The van der Waals surface area contributed by atoms with Crippen molar-refractivity contribution in [3.8, 4) is 0 Å². The van der Waals surface area contributed by atoms with Crippen LogP contribution in [-0.2, 0) is 13.9 Å². The molecule has 0 bridgehead atoms. The average Bonchev–Trinajstić information content (AvgIpc) is 2.21. The average molecular weight is 372 g/mol. The van der Waals surface area contributed by atoms with Crippen LogP contribution < -0.4 is 113 Å². The van der Waals surface area contributed by atoms with Gasteiger partial charge in [0.05, 0.1) is 14.4 Å². The van der Waals surface area contributed by atoms with Crippen LogP contribution in [0, 0.1) is 0 Å². The first-order valence-electron chi connectivity index (χ1n) is 4.03. The molecule has 112 valence electrons. The van der Waals surface area contributed by atoms with Crippen LogP contribution in [0.25, 0.3) is 0 Å². The van der Waals surface area contributed by atoms with Gasteiger partial charge in [-0.15, -0.1) is 0 Å². The zero-order chi connectivity index (χ0) is 12.9. The number of phosphoric ester groups is 1. The Hall–Kier alpha value is 2.81. The maximum absolute atomic E-state index is 10.0. The number of carbonyl (C=O) groups is 1. The van der Waals surface area contributed by atoms with Gasteiger partial charge in [-0.25, -0.2) is 0 Å². The van der Waals surface area contributed by atoms with E-state index in [4.69, 9.17) is 20.4 Å². The fourth-order valence-corrected chi connectivity index (χ4v) is 1.11. The molecular formula is C6H15K2O11P. The van der Waals surface area contributed by atoms with Crippen LogP contribution in [0.2, 0.25) is 0 Å². The number of aliphatic hydroxyl groups is 4. The second-order valence-electron chi connectivity index (χ2n) is 2.92. The van der Waals surface area contributed by atoms with Gasteiger partial charge in [-0.2, -0.15) is 0 Å². The molecule has 0 amide bonds. The van der Waals surface area contributed by atoms with Gasteiger partial charge in [-0.05, 0) is 0 Å². The molecule has 0 aromatic rings. The Kier molecular flexibility index (Phi) is 28.5. The molecule has 0 heterocycles. The van der Waals surface area contributed by atoms with E-state index in [1.807, 2.05) is 0 Å². The number of rotatable bonds is 7. The number of aldehydes is 1. The van der Waals surface area contributed by atoms with Gasteiger partial charge in [0.15, 0.2) is 6.29 Å². The fourth-order valence-electron chi connectivity index (χ4n) is 0.776. The second kappa shape index (κ2) is 16.7. The molecule has 0 aromatic heterocycles. The summed E-state index contributed by atoms with van der Waals surface area (Å²) in [5.41, 5.74) is 0. The Morgan fingerprint density at radius 3 is 1.75 bits per heavy atom. The van der Waals surface area contributed by atoms with Gasteiger partial charge in [-0.3, -0.25) is 0 Å². The molecule has 0 aliphatic rings. The van der Waals surface area contributed by atoms with Gasteiger partial charge in [0.1, 0.15) is 24.4 Å². The first-order valence-corrected chi connectivity index (χ1v) is 5.49. The van der Waals surface area contributed by atoms with E-state index in [1.54, 1.807) is 0 Å². The predicted molar refractivity (Wildman–Crippen MR) is 50.9 cm³/mol. The summed E-state index contributed by atoms with van der Waals surface area (Å²) in [6, 6.07) is 0. The van der Waals surface area contributed by atoms with Gasteiger partial charge in [0.25, 0.3) is 0 Å². The van der Waals surface area contributed by atoms with Crippen LogP contribution in [-0.4, -0.2) is 68.7 Å². The summed E-state index contributed by atoms with van der Waals surface area (Å²) < 4.78 is 13.6. The van der Waals surface area contributed by atoms with E-state index < -0.39 is 38.8 Å². The molecule has 8 N–H and O–H groups in total. The van der Waals surface area contributed by atoms with Gasteiger partial charge >= 0.3 is 103 Å². The monoisotopic (exact) mass is 372 g/mol. The van der Waals surface area contributed by atoms with E-state index >= 15 is 0 Å². The van der Waals surface area contributed by atoms with Crippen LogP contribution in [0.4, 0.5) is 0 Å². The molecule has 0 spiro atoms. The molecule has 20 heavy (non-hydrogen) atoms. The van der Waals surface area contributed by atoms with Gasteiger partial charge in [0, 0.05) is 0 Å². The summed E-state index contributed by atoms with van der Waals surface area (Å²) in [5, 5.41) is 35.9. The summed E-state index contributed by atoms with van der Waals surface area (Å²) in [6.45, 7) is -1.09. The van der Waals surface area contributed by atoms with Crippen LogP contribution in [0.3, 0.4) is 0 Å². The van der Waals surface area contributed by atoms with Crippen LogP contribution >= 0.6 is 7.82 Å². The molecule has 0 saturated heterocycles. The quantitative estimate of drug-likeness (QED) is 0.188. The van der Waals surface area contributed by atoms with E-state index in [-0.39, 0.29) is 120 Å². The normalized spacial score (nSPS) is 15.9. The topological polar surface area (TPSA) is 233 Å². The Labute approximate surface area is 199 Å². The van der Waals surface area contributed by atoms with Crippen molar-refractivity contribution in [3.63, 3.8) is 0 Å². The third-order valence-corrected chi connectivity index (χ3v) is 2.10. The van der Waals surface area contributed by atoms with Gasteiger partial charge in [0.2, 0.25) is 0 Å². The summed E-state index contributed by atoms with van der Waals surface area (Å²) in [5.74, 6) is 0. The SMILES string of the molecule is O.O.O=C[C@H](O)[C@@H](O)[C@H](O)[C@H](O)COP(=O)([O-])[O-].[K+].[K+]. The third-order valence-electron chi connectivity index (χ3n) is 1.64. The molecule has 4 atom stereocenters. The number of carbonyl (C=O) groups excluding carboxylic acids is 1. The smallest absolute Gasteiger partial charge is 0.790 e. The van der Waals surface area contributed by atoms with Gasteiger partial charge in [-0.1, -0.05) is 0 Å². The van der Waals surface area contributed by atoms with E-state index in [9.17, 15) is 19.1 Å². The molecule has 11 nitrogen and oxygen atoms in total. The van der Waals surface area contributed by atoms with Crippen LogP contribution in [0.1, 0.15) is 0 Å². The standard InChI is InChI=1S/C6H13O9P.2K.2H2O/c7-1-3(8)5(10)6(11)4(9)2-15-16(12,13)14;;;;/h1,3-6,8-11H,2H2,(H2,12,13,14);;;2*1H2/q;2*+1;;/p-2/t3-,4+,5+,6+;;;;/m0..../s1. The first-order chi connectivity index (χ1) is 7.19. The third kappa shape index (κ3) is 15.7. The number of aliphatic hydroxyl groups excluding tert-OH is 4. The molecule has 0 saturated carbocycles. The summed E-state index contributed by atoms with van der Waals surface area (Å²) in [4.78, 5) is 30.0. The predicted octanol–water partition coefficient (Wildman–Crippen LogP) is -12.2. The molecule has 0 unspecified atom stereocenters. The van der Waals surface area contributed by atoms with Crippen LogP contribution in [0.5, 0.6) is 0 Å². The minimum absolute atomic E-state index is 0. The van der Waals surface area contributed by atoms with E-state index in [2.05, 4.69) is 4.52 Å². The Morgan fingerprint density at radius 2 is 1.45 bits per heavy atom. The van der Waals surface area contributed by atoms with Crippen molar-refractivity contribution >= 4 is 14.1 Å². The summed E-state index contributed by atoms with van der Waals surface area (Å²) in [6.07, 6.45) is -8.04. The number of phosphoric acid groups is 1. The minimum atomic E-state index is -5.30. The van der Waals surface area contributed by atoms with Crippen molar-refractivity contribution in [3.05, 3.63) is 0 Å². The molecular weight excluding hydrogens is 357 g/mol. The molecule has 0 rings (SSSR count). The molecule has 0 fully saturated rings. The molecule has 0 aliphatic carbocycles. The van der Waals surface area contributed by atoms with Crippen molar-refractivity contribution in [2.45, 2.75) is 24.4 Å². The molecule has 0 aromatic carbocycles. The van der Waals surface area contributed by atoms with Crippen molar-refractivity contribution in [1.82, 2.24) is 0 Å². The number of hydrogen-bond acceptors (Lipinski definition) is 9. The number of hydrogen-bond donors (Lipinski definition) is 4. The van der Waals surface area contributed by atoms with E-state index in [0.717, 1.165) is 0 Å². The van der Waals surface area contributed by atoms with Crippen molar-refractivity contribution in [1.29, 1.82) is 0 Å². The van der Waals surface area contributed by atoms with Crippen molar-refractivity contribution in [2.75, 3.05) is 6.61 Å². The van der Waals surface area contributed by atoms with E-state index in [0.29, 0.717) is 0 Å². The van der Waals surface area contributed by atoms with Crippen LogP contribution in [0.15, 0.2) is 0 Å². The molecule has 14 heteroatoms.